The van der Waals surface area contributed by atoms with E-state index in [0.29, 0.717) is 5.54 Å². The molecule has 3 saturated carbocycles. The van der Waals surface area contributed by atoms with E-state index in [0.717, 1.165) is 52.5 Å². The lowest BCUT2D eigenvalue weighted by Gasteiger charge is -2.66. The summed E-state index contributed by atoms with van der Waals surface area (Å²) in [5.74, 6) is 3.42. The van der Waals surface area contributed by atoms with Gasteiger partial charge in [-0.05, 0) is 102 Å². The summed E-state index contributed by atoms with van der Waals surface area (Å²) in [6.45, 7) is 7.63. The number of pyridine rings is 1. The van der Waals surface area contributed by atoms with Crippen molar-refractivity contribution < 1.29 is 4.74 Å². The number of hydrogen-bond acceptors (Lipinski definition) is 5. The number of ether oxygens (including phenoxy) is 1. The lowest BCUT2D eigenvalue weighted by atomic mass is 9.49. The number of benzene rings is 5. The SMILES string of the molecule is CC(C)(C)c1ccnc(N2c3ccccc3-c3ccccc3-c3ccc(Oc4cccc(N5CN(C67CC(C6)C7)c6ccccc65)c4)cc32)c1. The Hall–Kier alpha value is -5.55. The highest BCUT2D eigenvalue weighted by molar-refractivity contribution is 6.02. The molecule has 3 heterocycles. The first kappa shape index (κ1) is 29.4. The van der Waals surface area contributed by atoms with Crippen molar-refractivity contribution in [3.63, 3.8) is 0 Å². The summed E-state index contributed by atoms with van der Waals surface area (Å²) in [6.07, 6.45) is 5.93. The molecule has 5 aliphatic rings. The van der Waals surface area contributed by atoms with Crippen LogP contribution in [0.4, 0.5) is 34.3 Å². The Morgan fingerprint density at radius 2 is 1.28 bits per heavy atom. The maximum absolute atomic E-state index is 6.76. The van der Waals surface area contributed by atoms with Crippen LogP contribution < -0.4 is 19.4 Å². The van der Waals surface area contributed by atoms with Crippen LogP contribution in [-0.4, -0.2) is 17.2 Å². The number of rotatable bonds is 5. The van der Waals surface area contributed by atoms with Crippen LogP contribution in [0, 0.1) is 5.92 Å². The molecule has 0 N–H and O–H groups in total. The highest BCUT2D eigenvalue weighted by atomic mass is 16.5. The third-order valence-corrected chi connectivity index (χ3v) is 11.4. The van der Waals surface area contributed by atoms with E-state index in [9.17, 15) is 0 Å². The zero-order valence-corrected chi connectivity index (χ0v) is 28.8. The fourth-order valence-corrected chi connectivity index (χ4v) is 8.68. The summed E-state index contributed by atoms with van der Waals surface area (Å²) in [7, 11) is 0. The van der Waals surface area contributed by atoms with Gasteiger partial charge in [0, 0.05) is 40.7 Å². The third kappa shape index (κ3) is 4.49. The molecular weight excluding hydrogens is 613 g/mol. The lowest BCUT2D eigenvalue weighted by molar-refractivity contribution is -0.0233. The van der Waals surface area contributed by atoms with Gasteiger partial charge in [0.05, 0.1) is 29.4 Å². The van der Waals surface area contributed by atoms with Gasteiger partial charge in [-0.2, -0.15) is 0 Å². The first-order valence-electron chi connectivity index (χ1n) is 17.9. The van der Waals surface area contributed by atoms with Gasteiger partial charge in [-0.3, -0.25) is 4.90 Å². The molecule has 5 nitrogen and oxygen atoms in total. The van der Waals surface area contributed by atoms with Gasteiger partial charge in [0.2, 0.25) is 0 Å². The van der Waals surface area contributed by atoms with E-state index in [4.69, 9.17) is 9.72 Å². The second-order valence-corrected chi connectivity index (χ2v) is 15.5. The Kier molecular flexibility index (Phi) is 6.30. The Morgan fingerprint density at radius 1 is 0.620 bits per heavy atom. The number of para-hydroxylation sites is 3. The van der Waals surface area contributed by atoms with Crippen LogP contribution in [0.1, 0.15) is 45.6 Å². The van der Waals surface area contributed by atoms with E-state index < -0.39 is 0 Å². The van der Waals surface area contributed by atoms with Crippen LogP contribution in [0.5, 0.6) is 11.5 Å². The Labute approximate surface area is 294 Å². The number of hydrogen-bond donors (Lipinski definition) is 0. The van der Waals surface area contributed by atoms with E-state index in [2.05, 4.69) is 163 Å². The highest BCUT2D eigenvalue weighted by Crippen LogP contribution is 2.63. The molecule has 2 bridgehead atoms. The van der Waals surface area contributed by atoms with Gasteiger partial charge in [-0.25, -0.2) is 4.98 Å². The van der Waals surface area contributed by atoms with Gasteiger partial charge in [-0.15, -0.1) is 0 Å². The molecule has 0 atom stereocenters. The normalized spacial score (nSPS) is 19.7. The molecular formula is C45H40N4O. The number of nitrogens with zero attached hydrogens (tertiary/aromatic N) is 4. The maximum Gasteiger partial charge on any atom is 0.137 e. The van der Waals surface area contributed by atoms with Crippen LogP contribution in [-0.2, 0) is 5.41 Å². The Morgan fingerprint density at radius 3 is 2.00 bits per heavy atom. The van der Waals surface area contributed by atoms with Crippen molar-refractivity contribution in [1.29, 1.82) is 0 Å². The van der Waals surface area contributed by atoms with E-state index in [-0.39, 0.29) is 5.41 Å². The Bertz CT molecular complexity index is 2290. The summed E-state index contributed by atoms with van der Waals surface area (Å²) in [5.41, 5.74) is 12.2. The van der Waals surface area contributed by atoms with Crippen molar-refractivity contribution in [3.05, 3.63) is 139 Å². The molecule has 0 unspecified atom stereocenters. The smallest absolute Gasteiger partial charge is 0.137 e. The fraction of sp³-hybridized carbons (Fsp3) is 0.222. The van der Waals surface area contributed by atoms with Crippen molar-refractivity contribution in [3.8, 4) is 33.8 Å². The topological polar surface area (TPSA) is 31.8 Å². The largest absolute Gasteiger partial charge is 0.457 e. The molecule has 11 rings (SSSR count). The maximum atomic E-state index is 6.76. The molecule has 1 aromatic heterocycles. The van der Waals surface area contributed by atoms with E-state index in [1.165, 1.54) is 52.9 Å². The first-order chi connectivity index (χ1) is 24.3. The fourth-order valence-electron chi connectivity index (χ4n) is 8.68. The predicted molar refractivity (Wildman–Crippen MR) is 205 cm³/mol. The van der Waals surface area contributed by atoms with Crippen molar-refractivity contribution >= 4 is 34.3 Å². The number of aromatic nitrogens is 1. The zero-order chi connectivity index (χ0) is 33.6. The van der Waals surface area contributed by atoms with Crippen molar-refractivity contribution in [2.45, 2.75) is 51.0 Å². The minimum atomic E-state index is -0.0183. The average Bonchev–Trinajstić information content (AvgIpc) is 3.41. The second kappa shape index (κ2) is 10.7. The molecule has 5 aromatic carbocycles. The van der Waals surface area contributed by atoms with Crippen molar-refractivity contribution in [2.24, 2.45) is 5.92 Å². The Balaban J connectivity index is 1.06. The van der Waals surface area contributed by atoms with E-state index in [1.807, 2.05) is 6.20 Å². The van der Waals surface area contributed by atoms with Crippen LogP contribution in [0.3, 0.4) is 0 Å². The van der Waals surface area contributed by atoms with E-state index in [1.54, 1.807) is 0 Å². The summed E-state index contributed by atoms with van der Waals surface area (Å²) >= 11 is 0. The second-order valence-electron chi connectivity index (χ2n) is 15.5. The predicted octanol–water partition coefficient (Wildman–Crippen LogP) is 11.8. The van der Waals surface area contributed by atoms with Crippen LogP contribution in [0.2, 0.25) is 0 Å². The quantitative estimate of drug-likeness (QED) is 0.185. The third-order valence-electron chi connectivity index (χ3n) is 11.4. The van der Waals surface area contributed by atoms with Crippen LogP contribution in [0.25, 0.3) is 22.3 Å². The zero-order valence-electron chi connectivity index (χ0n) is 28.8. The lowest BCUT2D eigenvalue weighted by Crippen LogP contribution is -2.68. The van der Waals surface area contributed by atoms with Crippen molar-refractivity contribution in [2.75, 3.05) is 21.4 Å². The molecule has 0 saturated heterocycles. The molecule has 5 heteroatoms. The summed E-state index contributed by atoms with van der Waals surface area (Å²) < 4.78 is 6.76. The van der Waals surface area contributed by atoms with Gasteiger partial charge in [0.1, 0.15) is 17.3 Å². The monoisotopic (exact) mass is 652 g/mol. The number of anilines is 6. The molecule has 2 aliphatic heterocycles. The molecule has 50 heavy (non-hydrogen) atoms. The molecule has 0 spiro atoms. The molecule has 3 fully saturated rings. The average molecular weight is 653 g/mol. The molecule has 0 radical (unpaired) electrons. The van der Waals surface area contributed by atoms with Crippen LogP contribution in [0.15, 0.2) is 134 Å². The van der Waals surface area contributed by atoms with E-state index >= 15 is 0 Å². The summed E-state index contributed by atoms with van der Waals surface area (Å²) in [6, 6.07) is 45.7. The summed E-state index contributed by atoms with van der Waals surface area (Å²) in [5, 5.41) is 0. The van der Waals surface area contributed by atoms with Gasteiger partial charge < -0.3 is 14.5 Å². The van der Waals surface area contributed by atoms with Crippen LogP contribution >= 0.6 is 0 Å². The summed E-state index contributed by atoms with van der Waals surface area (Å²) in [4.78, 5) is 12.4. The van der Waals surface area contributed by atoms with Gasteiger partial charge in [0.15, 0.2) is 0 Å². The number of fused-ring (bicyclic) bond motifs is 6. The molecule has 246 valence electrons. The minimum absolute atomic E-state index is 0.0183. The molecule has 3 aliphatic carbocycles. The standard InChI is InChI=1S/C45H40N4O/c1-44(2,3)31-21-22-46-43(23-31)49-39-16-7-6-15-37(39)35-13-4-5-14-36(35)38-20-19-34(25-42(38)49)50-33-12-10-11-32(24-33)47-29-48(45-26-30(27-45)28-45)41-18-9-8-17-40(41)47/h4-25,30H,26-29H2,1-3H3. The molecule has 0 amide bonds. The van der Waals surface area contributed by atoms with Crippen molar-refractivity contribution in [1.82, 2.24) is 4.98 Å². The van der Waals surface area contributed by atoms with Gasteiger partial charge in [-0.1, -0.05) is 81.4 Å². The van der Waals surface area contributed by atoms with Gasteiger partial charge in [0.25, 0.3) is 0 Å². The highest BCUT2D eigenvalue weighted by Gasteiger charge is 2.61. The minimum Gasteiger partial charge on any atom is -0.457 e. The first-order valence-corrected chi connectivity index (χ1v) is 17.9. The van der Waals surface area contributed by atoms with Gasteiger partial charge >= 0.3 is 0 Å². The molecule has 6 aromatic rings.